The van der Waals surface area contributed by atoms with Crippen molar-refractivity contribution in [2.24, 2.45) is 5.92 Å². The number of hydrogen-bond acceptors (Lipinski definition) is 3. The molecule has 0 aliphatic carbocycles. The molecular weight excluding hydrogens is 270 g/mol. The van der Waals surface area contributed by atoms with Crippen LogP contribution in [-0.2, 0) is 4.79 Å². The van der Waals surface area contributed by atoms with E-state index in [2.05, 4.69) is 6.08 Å². The first-order valence-corrected chi connectivity index (χ1v) is 8.30. The highest BCUT2D eigenvalue weighted by atomic mass is 32.2. The number of hydrogen-bond donors (Lipinski definition) is 0. The molecule has 1 aromatic rings. The van der Waals surface area contributed by atoms with Gasteiger partial charge >= 0.3 is 0 Å². The van der Waals surface area contributed by atoms with Gasteiger partial charge in [0.25, 0.3) is 0 Å². The van der Waals surface area contributed by atoms with Gasteiger partial charge in [-0.05, 0) is 49.4 Å². The number of thioether (sulfide) groups is 1. The smallest absolute Gasteiger partial charge is 0.230 e. The zero-order chi connectivity index (χ0) is 14.5. The van der Waals surface area contributed by atoms with Crippen molar-refractivity contribution >= 4 is 23.4 Å². The van der Waals surface area contributed by atoms with Crippen molar-refractivity contribution in [3.05, 3.63) is 35.9 Å². The molecule has 3 nitrogen and oxygen atoms in total. The molecule has 1 amide bonds. The van der Waals surface area contributed by atoms with Gasteiger partial charge in [0, 0.05) is 18.2 Å². The number of rotatable bonds is 5. The second kappa shape index (κ2) is 6.84. The largest absolute Gasteiger partial charge is 0.483 e. The molecule has 1 aromatic carbocycles. The number of amides is 1. The molecule has 1 aliphatic heterocycles. The van der Waals surface area contributed by atoms with Gasteiger partial charge < -0.3 is 9.64 Å². The quantitative estimate of drug-likeness (QED) is 0.776. The van der Waals surface area contributed by atoms with Crippen LogP contribution in [0.15, 0.2) is 30.3 Å². The first kappa shape index (κ1) is 15.0. The minimum Gasteiger partial charge on any atom is -0.483 e. The molecule has 0 aromatic heterocycles. The highest BCUT2D eigenvalue weighted by molar-refractivity contribution is 7.98. The van der Waals surface area contributed by atoms with Gasteiger partial charge in [-0.2, -0.15) is 0 Å². The molecule has 20 heavy (non-hydrogen) atoms. The van der Waals surface area contributed by atoms with Gasteiger partial charge in [0.15, 0.2) is 0 Å². The van der Waals surface area contributed by atoms with Crippen LogP contribution in [0.5, 0.6) is 5.75 Å². The van der Waals surface area contributed by atoms with Gasteiger partial charge in [0.2, 0.25) is 5.91 Å². The van der Waals surface area contributed by atoms with E-state index in [1.807, 2.05) is 49.3 Å². The summed E-state index contributed by atoms with van der Waals surface area (Å²) in [6.07, 6.45) is 4.98. The molecule has 4 heteroatoms. The van der Waals surface area contributed by atoms with Crippen molar-refractivity contribution in [2.75, 3.05) is 18.7 Å². The number of ether oxygens (including phenoxy) is 1. The van der Waals surface area contributed by atoms with Crippen molar-refractivity contribution in [3.8, 4) is 5.75 Å². The third-order valence-corrected chi connectivity index (χ3v) is 3.81. The molecule has 0 bridgehead atoms. The Morgan fingerprint density at radius 1 is 1.35 bits per heavy atom. The summed E-state index contributed by atoms with van der Waals surface area (Å²) in [5, 5.41) is 0. The lowest BCUT2D eigenvalue weighted by Crippen LogP contribution is -2.36. The molecule has 108 valence electrons. The SMILES string of the molecule is CCN1C(=O)C(C)CC=C1c1ccc(OCSC)cc1. The van der Waals surface area contributed by atoms with E-state index in [0.29, 0.717) is 12.5 Å². The third-order valence-electron chi connectivity index (χ3n) is 3.45. The minimum atomic E-state index is 0.0860. The molecule has 0 saturated heterocycles. The molecule has 0 spiro atoms. The van der Waals surface area contributed by atoms with E-state index in [-0.39, 0.29) is 11.8 Å². The maximum absolute atomic E-state index is 12.2. The van der Waals surface area contributed by atoms with Crippen LogP contribution in [0.25, 0.3) is 5.70 Å². The highest BCUT2D eigenvalue weighted by Gasteiger charge is 2.26. The van der Waals surface area contributed by atoms with E-state index in [0.717, 1.165) is 23.4 Å². The number of nitrogens with zero attached hydrogens (tertiary/aromatic N) is 1. The van der Waals surface area contributed by atoms with Crippen LogP contribution >= 0.6 is 11.8 Å². The van der Waals surface area contributed by atoms with Crippen molar-refractivity contribution in [1.82, 2.24) is 4.90 Å². The monoisotopic (exact) mass is 291 g/mol. The average Bonchev–Trinajstić information content (AvgIpc) is 2.48. The lowest BCUT2D eigenvalue weighted by molar-refractivity contribution is -0.131. The van der Waals surface area contributed by atoms with Crippen LogP contribution < -0.4 is 4.74 Å². The van der Waals surface area contributed by atoms with Gasteiger partial charge in [-0.3, -0.25) is 4.79 Å². The van der Waals surface area contributed by atoms with Gasteiger partial charge in [-0.15, -0.1) is 11.8 Å². The Morgan fingerprint density at radius 2 is 2.05 bits per heavy atom. The van der Waals surface area contributed by atoms with E-state index in [1.54, 1.807) is 11.8 Å². The van der Waals surface area contributed by atoms with Crippen LogP contribution in [-0.4, -0.2) is 29.5 Å². The first-order valence-electron chi connectivity index (χ1n) is 6.91. The highest BCUT2D eigenvalue weighted by Crippen LogP contribution is 2.29. The van der Waals surface area contributed by atoms with E-state index in [4.69, 9.17) is 4.74 Å². The van der Waals surface area contributed by atoms with Crippen molar-refractivity contribution in [3.63, 3.8) is 0 Å². The summed E-state index contributed by atoms with van der Waals surface area (Å²) in [4.78, 5) is 14.1. The predicted molar refractivity (Wildman–Crippen MR) is 84.6 cm³/mol. The molecule has 0 N–H and O–H groups in total. The fraction of sp³-hybridized carbons (Fsp3) is 0.438. The maximum Gasteiger partial charge on any atom is 0.230 e. The zero-order valence-electron chi connectivity index (χ0n) is 12.3. The minimum absolute atomic E-state index is 0.0860. The average molecular weight is 291 g/mol. The molecule has 1 aliphatic rings. The standard InChI is InChI=1S/C16H21NO2S/c1-4-17-15(10-5-12(2)16(17)18)13-6-8-14(9-7-13)19-11-20-3/h6-10,12H,4-5,11H2,1-3H3. The van der Waals surface area contributed by atoms with Gasteiger partial charge in [0.05, 0.1) is 0 Å². The predicted octanol–water partition coefficient (Wildman–Crippen LogP) is 3.62. The van der Waals surface area contributed by atoms with Gasteiger partial charge in [0.1, 0.15) is 11.7 Å². The lowest BCUT2D eigenvalue weighted by Gasteiger charge is -2.31. The molecule has 1 unspecified atom stereocenters. The van der Waals surface area contributed by atoms with Gasteiger partial charge in [-0.1, -0.05) is 13.0 Å². The van der Waals surface area contributed by atoms with Crippen molar-refractivity contribution in [1.29, 1.82) is 0 Å². The van der Waals surface area contributed by atoms with E-state index in [9.17, 15) is 4.79 Å². The molecule has 2 rings (SSSR count). The van der Waals surface area contributed by atoms with E-state index in [1.165, 1.54) is 0 Å². The third kappa shape index (κ3) is 3.18. The molecular formula is C16H21NO2S. The summed E-state index contributed by atoms with van der Waals surface area (Å²) in [6, 6.07) is 7.96. The first-order chi connectivity index (χ1) is 9.67. The normalized spacial score (nSPS) is 18.9. The number of benzene rings is 1. The Kier molecular flexibility index (Phi) is 5.12. The number of carbonyl (C=O) groups is 1. The van der Waals surface area contributed by atoms with Crippen molar-refractivity contribution < 1.29 is 9.53 Å². The topological polar surface area (TPSA) is 29.5 Å². The Morgan fingerprint density at radius 3 is 2.65 bits per heavy atom. The van der Waals surface area contributed by atoms with Gasteiger partial charge in [-0.25, -0.2) is 0 Å². The molecule has 1 atom stereocenters. The molecule has 0 saturated carbocycles. The molecule has 1 heterocycles. The Labute approximate surface area is 125 Å². The van der Waals surface area contributed by atoms with Crippen LogP contribution in [0, 0.1) is 5.92 Å². The second-order valence-electron chi connectivity index (χ2n) is 4.88. The summed E-state index contributed by atoms with van der Waals surface area (Å²) < 4.78 is 5.55. The number of allylic oxidation sites excluding steroid dienone is 1. The molecule has 0 fully saturated rings. The Balaban J connectivity index is 2.19. The lowest BCUT2D eigenvalue weighted by atomic mass is 9.97. The second-order valence-corrected chi connectivity index (χ2v) is 5.70. The van der Waals surface area contributed by atoms with E-state index >= 15 is 0 Å². The fourth-order valence-corrected chi connectivity index (χ4v) is 2.59. The van der Waals surface area contributed by atoms with Crippen molar-refractivity contribution in [2.45, 2.75) is 20.3 Å². The summed E-state index contributed by atoms with van der Waals surface area (Å²) >= 11 is 1.65. The van der Waals surface area contributed by atoms with Crippen LogP contribution in [0.2, 0.25) is 0 Å². The summed E-state index contributed by atoms with van der Waals surface area (Å²) in [5.41, 5.74) is 2.09. The molecule has 0 radical (unpaired) electrons. The number of carbonyl (C=O) groups excluding carboxylic acids is 1. The summed E-state index contributed by atoms with van der Waals surface area (Å²) in [6.45, 7) is 4.71. The van der Waals surface area contributed by atoms with Crippen LogP contribution in [0.1, 0.15) is 25.8 Å². The van der Waals surface area contributed by atoms with Crippen LogP contribution in [0.3, 0.4) is 0 Å². The fourth-order valence-electron chi connectivity index (χ4n) is 2.33. The Bertz CT molecular complexity index is 496. The summed E-state index contributed by atoms with van der Waals surface area (Å²) in [7, 11) is 0. The summed E-state index contributed by atoms with van der Waals surface area (Å²) in [5.74, 6) is 1.82. The zero-order valence-corrected chi connectivity index (χ0v) is 13.1. The van der Waals surface area contributed by atoms with Crippen LogP contribution in [0.4, 0.5) is 0 Å². The maximum atomic E-state index is 12.2. The Hall–Kier alpha value is -1.42. The van der Waals surface area contributed by atoms with E-state index < -0.39 is 0 Å².